The minimum absolute atomic E-state index is 0. The van der Waals surface area contributed by atoms with Gasteiger partial charge in [0.2, 0.25) is 5.91 Å². The lowest BCUT2D eigenvalue weighted by atomic mass is 9.90. The molecule has 8 heteroatoms. The maximum Gasteiger partial charge on any atom is 0.246 e. The molecule has 6 nitrogen and oxygen atoms in total. The van der Waals surface area contributed by atoms with Crippen molar-refractivity contribution in [3.63, 3.8) is 0 Å². The van der Waals surface area contributed by atoms with Gasteiger partial charge in [-0.1, -0.05) is 6.92 Å². The summed E-state index contributed by atoms with van der Waals surface area (Å²) in [4.78, 5) is 16.9. The molecule has 142 valence electrons. The molecule has 1 aliphatic heterocycles. The Morgan fingerprint density at radius 1 is 1.35 bits per heavy atom. The van der Waals surface area contributed by atoms with E-state index in [9.17, 15) is 4.79 Å². The van der Waals surface area contributed by atoms with Gasteiger partial charge in [-0.05, 0) is 43.5 Å². The number of aromatic nitrogens is 1. The molecule has 3 N–H and O–H groups in total. The Labute approximate surface area is 163 Å². The van der Waals surface area contributed by atoms with Gasteiger partial charge in [-0.25, -0.2) is 4.98 Å². The fraction of sp³-hybridized carbons (Fsp3) is 0.444. The van der Waals surface area contributed by atoms with Crippen molar-refractivity contribution in [3.05, 3.63) is 29.6 Å². The summed E-state index contributed by atoms with van der Waals surface area (Å²) in [7, 11) is 0. The standard InChI is InChI=1S/C18H23N3O3S.ClH/c1-2-9-24-14-5-3-13(4-6-14)15-12-25-17(20-15)21-16(22)18(19)7-10-23-11-8-18;/h3-6,12H,2,7-11,19H2,1H3,(H,20,21,22);1H. The van der Waals surface area contributed by atoms with Crippen molar-refractivity contribution in [1.29, 1.82) is 0 Å². The highest BCUT2D eigenvalue weighted by atomic mass is 35.5. The molecule has 3 rings (SSSR count). The maximum absolute atomic E-state index is 12.4. The van der Waals surface area contributed by atoms with Crippen LogP contribution in [0, 0.1) is 0 Å². The molecule has 1 saturated heterocycles. The topological polar surface area (TPSA) is 86.5 Å². The zero-order valence-electron chi connectivity index (χ0n) is 14.7. The molecule has 0 atom stereocenters. The number of anilines is 1. The Morgan fingerprint density at radius 3 is 2.69 bits per heavy atom. The van der Waals surface area contributed by atoms with Gasteiger partial charge in [0.05, 0.1) is 12.3 Å². The Bertz CT molecular complexity index is 715. The first kappa shape index (κ1) is 20.6. The van der Waals surface area contributed by atoms with Crippen molar-refractivity contribution in [1.82, 2.24) is 4.98 Å². The summed E-state index contributed by atoms with van der Waals surface area (Å²) < 4.78 is 10.9. The molecule has 26 heavy (non-hydrogen) atoms. The second-order valence-electron chi connectivity index (χ2n) is 6.13. The zero-order chi connectivity index (χ0) is 17.7. The quantitative estimate of drug-likeness (QED) is 0.779. The molecular weight excluding hydrogens is 374 g/mol. The first-order chi connectivity index (χ1) is 12.1. The second kappa shape index (κ2) is 9.32. The highest BCUT2D eigenvalue weighted by Crippen LogP contribution is 2.28. The fourth-order valence-electron chi connectivity index (χ4n) is 2.59. The van der Waals surface area contributed by atoms with Crippen LogP contribution in [0.1, 0.15) is 26.2 Å². The number of carbonyl (C=O) groups is 1. The molecule has 0 saturated carbocycles. The Hall–Kier alpha value is -1.67. The van der Waals surface area contributed by atoms with Crippen molar-refractivity contribution in [2.24, 2.45) is 5.73 Å². The van der Waals surface area contributed by atoms with E-state index in [1.54, 1.807) is 0 Å². The number of carbonyl (C=O) groups excluding carboxylic acids is 1. The highest BCUT2D eigenvalue weighted by molar-refractivity contribution is 7.14. The van der Waals surface area contributed by atoms with Crippen LogP contribution in [0.2, 0.25) is 0 Å². The molecule has 0 bridgehead atoms. The van der Waals surface area contributed by atoms with E-state index in [1.807, 2.05) is 29.6 Å². The lowest BCUT2D eigenvalue weighted by Gasteiger charge is -2.31. The fourth-order valence-corrected chi connectivity index (χ4v) is 3.30. The number of rotatable bonds is 6. The zero-order valence-corrected chi connectivity index (χ0v) is 16.3. The van der Waals surface area contributed by atoms with Crippen molar-refractivity contribution in [2.45, 2.75) is 31.7 Å². The van der Waals surface area contributed by atoms with Crippen molar-refractivity contribution in [2.75, 3.05) is 25.1 Å². The summed E-state index contributed by atoms with van der Waals surface area (Å²) in [5.74, 6) is 0.652. The Morgan fingerprint density at radius 2 is 2.04 bits per heavy atom. The average molecular weight is 398 g/mol. The third-order valence-corrected chi connectivity index (χ3v) is 4.94. The second-order valence-corrected chi connectivity index (χ2v) is 6.99. The van der Waals surface area contributed by atoms with Crippen LogP contribution < -0.4 is 15.8 Å². The summed E-state index contributed by atoms with van der Waals surface area (Å²) in [5, 5.41) is 5.32. The van der Waals surface area contributed by atoms with E-state index in [1.165, 1.54) is 11.3 Å². The van der Waals surface area contributed by atoms with Gasteiger partial charge < -0.3 is 20.5 Å². The van der Waals surface area contributed by atoms with Crippen LogP contribution in [0.4, 0.5) is 5.13 Å². The van der Waals surface area contributed by atoms with Crippen molar-refractivity contribution < 1.29 is 14.3 Å². The van der Waals surface area contributed by atoms with E-state index in [0.717, 1.165) is 23.4 Å². The van der Waals surface area contributed by atoms with Crippen LogP contribution in [-0.4, -0.2) is 36.3 Å². The van der Waals surface area contributed by atoms with Crippen LogP contribution in [0.3, 0.4) is 0 Å². The Kier molecular flexibility index (Phi) is 7.40. The molecule has 0 spiro atoms. The van der Waals surface area contributed by atoms with Gasteiger partial charge >= 0.3 is 0 Å². The third kappa shape index (κ3) is 4.94. The van der Waals surface area contributed by atoms with E-state index in [2.05, 4.69) is 17.2 Å². The van der Waals surface area contributed by atoms with Crippen molar-refractivity contribution in [3.8, 4) is 17.0 Å². The maximum atomic E-state index is 12.4. The molecule has 1 aliphatic rings. The number of thiazole rings is 1. The molecule has 1 aromatic carbocycles. The van der Waals surface area contributed by atoms with E-state index in [-0.39, 0.29) is 18.3 Å². The number of hydrogen-bond acceptors (Lipinski definition) is 6. The molecule has 0 aliphatic carbocycles. The van der Waals surface area contributed by atoms with Crippen LogP contribution in [0.5, 0.6) is 5.75 Å². The van der Waals surface area contributed by atoms with Gasteiger partial charge in [0.25, 0.3) is 0 Å². The number of benzene rings is 1. The predicted octanol–water partition coefficient (Wildman–Crippen LogP) is 3.47. The molecule has 0 unspecified atom stereocenters. The Balaban J connectivity index is 0.00000243. The summed E-state index contributed by atoms with van der Waals surface area (Å²) in [6, 6.07) is 7.79. The SMILES string of the molecule is CCCOc1ccc(-c2csc(NC(=O)C3(N)CCOCC3)n2)cc1.Cl. The number of nitrogens with one attached hydrogen (secondary N) is 1. The largest absolute Gasteiger partial charge is 0.494 e. The summed E-state index contributed by atoms with van der Waals surface area (Å²) >= 11 is 1.39. The minimum Gasteiger partial charge on any atom is -0.494 e. The molecule has 2 heterocycles. The van der Waals surface area contributed by atoms with Gasteiger partial charge in [-0.15, -0.1) is 23.7 Å². The number of amides is 1. The molecular formula is C18H24ClN3O3S. The minimum atomic E-state index is -0.873. The van der Waals surface area contributed by atoms with Crippen LogP contribution in [0.15, 0.2) is 29.6 Å². The summed E-state index contributed by atoms with van der Waals surface area (Å²) in [5.41, 5.74) is 7.12. The first-order valence-corrected chi connectivity index (χ1v) is 9.35. The molecule has 1 aromatic heterocycles. The monoisotopic (exact) mass is 397 g/mol. The summed E-state index contributed by atoms with van der Waals surface area (Å²) in [6.07, 6.45) is 2.03. The predicted molar refractivity (Wildman–Crippen MR) is 106 cm³/mol. The molecule has 2 aromatic rings. The number of halogens is 1. The smallest absolute Gasteiger partial charge is 0.246 e. The van der Waals surface area contributed by atoms with E-state index in [0.29, 0.717) is 37.8 Å². The van der Waals surface area contributed by atoms with Gasteiger partial charge in [0, 0.05) is 24.2 Å². The summed E-state index contributed by atoms with van der Waals surface area (Å²) in [6.45, 7) is 3.81. The van der Waals surface area contributed by atoms with Gasteiger partial charge in [0.15, 0.2) is 5.13 Å². The average Bonchev–Trinajstić information content (AvgIpc) is 3.09. The van der Waals surface area contributed by atoms with Crippen LogP contribution >= 0.6 is 23.7 Å². The van der Waals surface area contributed by atoms with Gasteiger partial charge in [0.1, 0.15) is 11.3 Å². The first-order valence-electron chi connectivity index (χ1n) is 8.47. The lowest BCUT2D eigenvalue weighted by molar-refractivity contribution is -0.124. The highest BCUT2D eigenvalue weighted by Gasteiger charge is 2.36. The number of nitrogens with zero attached hydrogens (tertiary/aromatic N) is 1. The third-order valence-electron chi connectivity index (χ3n) is 4.18. The molecule has 1 amide bonds. The van der Waals surface area contributed by atoms with Gasteiger partial charge in [-0.2, -0.15) is 0 Å². The number of ether oxygens (including phenoxy) is 2. The van der Waals surface area contributed by atoms with E-state index >= 15 is 0 Å². The lowest BCUT2D eigenvalue weighted by Crippen LogP contribution is -2.54. The van der Waals surface area contributed by atoms with Gasteiger partial charge in [-0.3, -0.25) is 4.79 Å². The van der Waals surface area contributed by atoms with E-state index < -0.39 is 5.54 Å². The van der Waals surface area contributed by atoms with Crippen LogP contribution in [0.25, 0.3) is 11.3 Å². The number of nitrogens with two attached hydrogens (primary N) is 1. The van der Waals surface area contributed by atoms with E-state index in [4.69, 9.17) is 15.2 Å². The molecule has 0 radical (unpaired) electrons. The molecule has 1 fully saturated rings. The number of hydrogen-bond donors (Lipinski definition) is 2. The van der Waals surface area contributed by atoms with Crippen molar-refractivity contribution >= 4 is 34.8 Å². The normalized spacial score (nSPS) is 15.8. The van der Waals surface area contributed by atoms with Crippen LogP contribution in [-0.2, 0) is 9.53 Å².